The summed E-state index contributed by atoms with van der Waals surface area (Å²) in [4.78, 5) is 0.114. The number of para-hydroxylation sites is 1. The van der Waals surface area contributed by atoms with Gasteiger partial charge in [-0.25, -0.2) is 8.42 Å². The van der Waals surface area contributed by atoms with Crippen molar-refractivity contribution in [1.82, 2.24) is 0 Å². The molecule has 0 bridgehead atoms. The van der Waals surface area contributed by atoms with Crippen molar-refractivity contribution in [3.8, 4) is 11.5 Å². The molecule has 0 N–H and O–H groups in total. The molecule has 122 valence electrons. The van der Waals surface area contributed by atoms with Crippen molar-refractivity contribution in [1.29, 1.82) is 0 Å². The zero-order chi connectivity index (χ0) is 16.6. The van der Waals surface area contributed by atoms with Crippen molar-refractivity contribution in [2.24, 2.45) is 0 Å². The van der Waals surface area contributed by atoms with Crippen LogP contribution in [-0.4, -0.2) is 28.7 Å². The van der Waals surface area contributed by atoms with Crippen LogP contribution in [0, 0.1) is 0 Å². The van der Waals surface area contributed by atoms with Gasteiger partial charge in [-0.15, -0.1) is 0 Å². The third-order valence-electron chi connectivity index (χ3n) is 4.05. The first-order chi connectivity index (χ1) is 11.0. The molecule has 0 fully saturated rings. The Balaban J connectivity index is 2.16. The fraction of sp³-hybridized carbons (Fsp3) is 0.294. The number of benzene rings is 2. The summed E-state index contributed by atoms with van der Waals surface area (Å²) in [6, 6.07) is 12.2. The Bertz CT molecular complexity index is 832. The molecular weight excluding hydrogens is 314 g/mol. The topological polar surface area (TPSA) is 55.8 Å². The summed E-state index contributed by atoms with van der Waals surface area (Å²) in [5.41, 5.74) is 1.76. The molecule has 3 rings (SSSR count). The van der Waals surface area contributed by atoms with E-state index < -0.39 is 10.0 Å². The SMILES string of the molecule is COc1ccc(OC)c(S(=O)(=O)N2c3ccccc3C[C@H]2C)c1. The van der Waals surface area contributed by atoms with Crippen LogP contribution in [0.3, 0.4) is 0 Å². The molecule has 5 nitrogen and oxygen atoms in total. The molecule has 0 aliphatic carbocycles. The smallest absolute Gasteiger partial charge is 0.268 e. The minimum absolute atomic E-state index is 0.114. The standard InChI is InChI=1S/C17H19NO4S/c1-12-10-13-6-4-5-7-15(13)18(12)23(19,20)17-11-14(21-2)8-9-16(17)22-3/h4-9,11-12H,10H2,1-3H3/t12-/m1/s1. The predicted molar refractivity (Wildman–Crippen MR) is 88.8 cm³/mol. The van der Waals surface area contributed by atoms with E-state index in [1.54, 1.807) is 12.1 Å². The molecule has 1 aliphatic rings. The van der Waals surface area contributed by atoms with E-state index in [-0.39, 0.29) is 10.9 Å². The van der Waals surface area contributed by atoms with E-state index in [1.165, 1.54) is 24.6 Å². The van der Waals surface area contributed by atoms with Gasteiger partial charge in [0.15, 0.2) is 0 Å². The lowest BCUT2D eigenvalue weighted by molar-refractivity contribution is 0.392. The zero-order valence-corrected chi connectivity index (χ0v) is 14.1. The van der Waals surface area contributed by atoms with E-state index in [0.29, 0.717) is 17.9 Å². The second kappa shape index (κ2) is 5.77. The van der Waals surface area contributed by atoms with Crippen molar-refractivity contribution in [2.75, 3.05) is 18.5 Å². The number of rotatable bonds is 4. The number of hydrogen-bond acceptors (Lipinski definition) is 4. The highest BCUT2D eigenvalue weighted by Gasteiger charge is 2.37. The fourth-order valence-corrected chi connectivity index (χ4v) is 4.86. The Hall–Kier alpha value is -2.21. The summed E-state index contributed by atoms with van der Waals surface area (Å²) in [7, 11) is -0.782. The Labute approximate surface area is 136 Å². The Morgan fingerprint density at radius 1 is 1.09 bits per heavy atom. The number of ether oxygens (including phenoxy) is 2. The van der Waals surface area contributed by atoms with Crippen LogP contribution in [0.1, 0.15) is 12.5 Å². The molecule has 2 aromatic carbocycles. The van der Waals surface area contributed by atoms with Crippen LogP contribution in [0.4, 0.5) is 5.69 Å². The van der Waals surface area contributed by atoms with Crippen LogP contribution in [0.15, 0.2) is 47.4 Å². The van der Waals surface area contributed by atoms with Gasteiger partial charge in [-0.05, 0) is 37.1 Å². The van der Waals surface area contributed by atoms with Crippen molar-refractivity contribution in [3.05, 3.63) is 48.0 Å². The van der Waals surface area contributed by atoms with Crippen molar-refractivity contribution < 1.29 is 17.9 Å². The predicted octanol–water partition coefficient (Wildman–Crippen LogP) is 2.84. The normalized spacial score (nSPS) is 17.0. The van der Waals surface area contributed by atoms with Crippen molar-refractivity contribution >= 4 is 15.7 Å². The van der Waals surface area contributed by atoms with Crippen molar-refractivity contribution in [2.45, 2.75) is 24.3 Å². The number of hydrogen-bond donors (Lipinski definition) is 0. The van der Waals surface area contributed by atoms with Gasteiger partial charge in [0.1, 0.15) is 16.4 Å². The highest BCUT2D eigenvalue weighted by atomic mass is 32.2. The minimum atomic E-state index is -3.75. The van der Waals surface area contributed by atoms with Crippen LogP contribution in [-0.2, 0) is 16.4 Å². The molecule has 1 atom stereocenters. The van der Waals surface area contributed by atoms with E-state index >= 15 is 0 Å². The molecule has 0 saturated carbocycles. The first kappa shape index (κ1) is 15.7. The third kappa shape index (κ3) is 2.53. The lowest BCUT2D eigenvalue weighted by Gasteiger charge is -2.25. The fourth-order valence-electron chi connectivity index (χ4n) is 2.99. The van der Waals surface area contributed by atoms with Gasteiger partial charge in [0.2, 0.25) is 0 Å². The van der Waals surface area contributed by atoms with Crippen LogP contribution < -0.4 is 13.8 Å². The molecule has 23 heavy (non-hydrogen) atoms. The largest absolute Gasteiger partial charge is 0.497 e. The summed E-state index contributed by atoms with van der Waals surface area (Å²) in [5, 5.41) is 0. The Morgan fingerprint density at radius 2 is 1.83 bits per heavy atom. The maximum absolute atomic E-state index is 13.2. The maximum Gasteiger partial charge on any atom is 0.268 e. The Morgan fingerprint density at radius 3 is 2.52 bits per heavy atom. The zero-order valence-electron chi connectivity index (χ0n) is 13.3. The number of sulfonamides is 1. The molecule has 0 saturated heterocycles. The van der Waals surface area contributed by atoms with E-state index in [4.69, 9.17) is 9.47 Å². The molecule has 0 aromatic heterocycles. The molecule has 0 radical (unpaired) electrons. The van der Waals surface area contributed by atoms with Gasteiger partial charge in [-0.2, -0.15) is 0 Å². The van der Waals surface area contributed by atoms with Gasteiger partial charge < -0.3 is 9.47 Å². The monoisotopic (exact) mass is 333 g/mol. The molecule has 0 unspecified atom stereocenters. The van der Waals surface area contributed by atoms with Gasteiger partial charge in [0.05, 0.1) is 19.9 Å². The quantitative estimate of drug-likeness (QED) is 0.863. The molecule has 6 heteroatoms. The average molecular weight is 333 g/mol. The van der Waals surface area contributed by atoms with Gasteiger partial charge in [-0.1, -0.05) is 18.2 Å². The third-order valence-corrected chi connectivity index (χ3v) is 6.00. The number of fused-ring (bicyclic) bond motifs is 1. The second-order valence-electron chi connectivity index (χ2n) is 5.50. The molecule has 0 spiro atoms. The van der Waals surface area contributed by atoms with Crippen molar-refractivity contribution in [3.63, 3.8) is 0 Å². The van der Waals surface area contributed by atoms with Crippen LogP contribution >= 0.6 is 0 Å². The van der Waals surface area contributed by atoms with Gasteiger partial charge in [0, 0.05) is 12.1 Å². The number of methoxy groups -OCH3 is 2. The number of nitrogens with zero attached hydrogens (tertiary/aromatic N) is 1. The van der Waals surface area contributed by atoms with Gasteiger partial charge in [0.25, 0.3) is 10.0 Å². The Kier molecular flexibility index (Phi) is 3.93. The number of anilines is 1. The lowest BCUT2D eigenvalue weighted by Crippen LogP contribution is -2.35. The van der Waals surface area contributed by atoms with Crippen LogP contribution in [0.2, 0.25) is 0 Å². The van der Waals surface area contributed by atoms with E-state index in [1.807, 2.05) is 31.2 Å². The highest BCUT2D eigenvalue weighted by Crippen LogP contribution is 2.39. The first-order valence-corrected chi connectivity index (χ1v) is 8.77. The molecule has 1 aliphatic heterocycles. The molecule has 0 amide bonds. The van der Waals surface area contributed by atoms with Gasteiger partial charge >= 0.3 is 0 Å². The van der Waals surface area contributed by atoms with Gasteiger partial charge in [-0.3, -0.25) is 4.31 Å². The molecule has 1 heterocycles. The summed E-state index contributed by atoms with van der Waals surface area (Å²) in [6.07, 6.45) is 0.696. The van der Waals surface area contributed by atoms with E-state index in [0.717, 1.165) is 11.3 Å². The lowest BCUT2D eigenvalue weighted by atomic mass is 10.1. The van der Waals surface area contributed by atoms with Crippen LogP contribution in [0.5, 0.6) is 11.5 Å². The van der Waals surface area contributed by atoms with E-state index in [9.17, 15) is 8.42 Å². The maximum atomic E-state index is 13.2. The second-order valence-corrected chi connectivity index (χ2v) is 7.28. The summed E-state index contributed by atoms with van der Waals surface area (Å²) in [6.45, 7) is 1.91. The van der Waals surface area contributed by atoms with Crippen LogP contribution in [0.25, 0.3) is 0 Å². The van der Waals surface area contributed by atoms with E-state index in [2.05, 4.69) is 0 Å². The minimum Gasteiger partial charge on any atom is -0.497 e. The summed E-state index contributed by atoms with van der Waals surface area (Å²) < 4.78 is 38.4. The summed E-state index contributed by atoms with van der Waals surface area (Å²) >= 11 is 0. The molecular formula is C17H19NO4S. The molecule has 2 aromatic rings. The first-order valence-electron chi connectivity index (χ1n) is 7.33. The highest BCUT2D eigenvalue weighted by molar-refractivity contribution is 7.93. The summed E-state index contributed by atoms with van der Waals surface area (Å²) in [5.74, 6) is 0.784. The average Bonchev–Trinajstić information content (AvgIpc) is 2.90.